The van der Waals surface area contributed by atoms with E-state index in [2.05, 4.69) is 11.9 Å². The summed E-state index contributed by atoms with van der Waals surface area (Å²) in [5.74, 6) is 0.688. The van der Waals surface area contributed by atoms with E-state index in [0.717, 1.165) is 23.8 Å². The minimum atomic E-state index is 0.169. The second-order valence-electron chi connectivity index (χ2n) is 4.06. The van der Waals surface area contributed by atoms with Crippen LogP contribution in [0.3, 0.4) is 0 Å². The second kappa shape index (κ2) is 5.36. The molecule has 0 aromatic heterocycles. The van der Waals surface area contributed by atoms with E-state index < -0.39 is 0 Å². The van der Waals surface area contributed by atoms with Gasteiger partial charge in [-0.1, -0.05) is 36.4 Å². The van der Waals surface area contributed by atoms with Crippen LogP contribution in [0, 0.1) is 6.92 Å². The molecule has 1 aliphatic rings. The number of rotatable bonds is 3. The molecule has 1 aromatic rings. The van der Waals surface area contributed by atoms with Gasteiger partial charge in [-0.05, 0) is 25.5 Å². The minimum absolute atomic E-state index is 0.169. The molecule has 1 amide bonds. The lowest BCUT2D eigenvalue weighted by atomic mass is 10.2. The van der Waals surface area contributed by atoms with Gasteiger partial charge in [0.2, 0.25) is 5.91 Å². The van der Waals surface area contributed by atoms with Crippen LogP contribution in [0.25, 0.3) is 0 Å². The molecule has 0 spiro atoms. The van der Waals surface area contributed by atoms with Crippen LogP contribution in [0.15, 0.2) is 29.3 Å². The van der Waals surface area contributed by atoms with Crippen LogP contribution >= 0.6 is 11.8 Å². The molecule has 1 aliphatic heterocycles. The van der Waals surface area contributed by atoms with E-state index in [-0.39, 0.29) is 5.91 Å². The van der Waals surface area contributed by atoms with Crippen molar-refractivity contribution in [3.8, 4) is 0 Å². The molecule has 1 aromatic carbocycles. The third-order valence-electron chi connectivity index (χ3n) is 2.56. The molecule has 4 heteroatoms. The molecule has 0 N–H and O–H groups in total. The van der Waals surface area contributed by atoms with Gasteiger partial charge in [-0.2, -0.15) is 0 Å². The highest BCUT2D eigenvalue weighted by Crippen LogP contribution is 2.23. The lowest BCUT2D eigenvalue weighted by Crippen LogP contribution is -2.30. The number of carbonyl (C=O) groups is 1. The van der Waals surface area contributed by atoms with Crippen molar-refractivity contribution in [2.75, 3.05) is 12.3 Å². The lowest BCUT2D eigenvalue weighted by molar-refractivity contribution is -0.124. The molecule has 0 saturated carbocycles. The number of benzene rings is 1. The molecule has 0 unspecified atom stereocenters. The van der Waals surface area contributed by atoms with Crippen LogP contribution in [0.2, 0.25) is 0 Å². The van der Waals surface area contributed by atoms with Gasteiger partial charge < -0.3 is 0 Å². The summed E-state index contributed by atoms with van der Waals surface area (Å²) >= 11 is 1.52. The van der Waals surface area contributed by atoms with Crippen LogP contribution in [-0.2, 0) is 4.79 Å². The molecule has 17 heavy (non-hydrogen) atoms. The Kier molecular flexibility index (Phi) is 3.84. The molecule has 0 bridgehead atoms. The maximum absolute atomic E-state index is 11.6. The fourth-order valence-electron chi connectivity index (χ4n) is 1.66. The van der Waals surface area contributed by atoms with Crippen LogP contribution in [-0.4, -0.2) is 28.3 Å². The van der Waals surface area contributed by atoms with Crippen LogP contribution in [0.4, 0.5) is 5.69 Å². The minimum Gasteiger partial charge on any atom is -0.291 e. The number of nitrogens with zero attached hydrogens (tertiary/aromatic N) is 2. The zero-order valence-electron chi connectivity index (χ0n) is 10.1. The Morgan fingerprint density at radius 1 is 1.35 bits per heavy atom. The first-order valence-corrected chi connectivity index (χ1v) is 6.78. The first kappa shape index (κ1) is 12.2. The fraction of sp³-hybridized carbons (Fsp3) is 0.385. The summed E-state index contributed by atoms with van der Waals surface area (Å²) in [6, 6.07) is 8.03. The first-order valence-electron chi connectivity index (χ1n) is 5.79. The summed E-state index contributed by atoms with van der Waals surface area (Å²) in [5.41, 5.74) is 2.13. The SMILES string of the molecule is CCCN1C(=O)CSC1=Nc1ccc(C)cc1. The molecule has 0 radical (unpaired) electrons. The molecule has 2 rings (SSSR count). The Bertz CT molecular complexity index is 439. The van der Waals surface area contributed by atoms with E-state index in [1.807, 2.05) is 31.2 Å². The van der Waals surface area contributed by atoms with E-state index in [1.54, 1.807) is 4.90 Å². The average molecular weight is 248 g/mol. The van der Waals surface area contributed by atoms with Crippen molar-refractivity contribution in [1.82, 2.24) is 4.90 Å². The average Bonchev–Trinajstić information content (AvgIpc) is 2.65. The largest absolute Gasteiger partial charge is 0.291 e. The molecule has 3 nitrogen and oxygen atoms in total. The maximum Gasteiger partial charge on any atom is 0.239 e. The van der Waals surface area contributed by atoms with Gasteiger partial charge in [-0.25, -0.2) is 4.99 Å². The number of amides is 1. The van der Waals surface area contributed by atoms with Crippen molar-refractivity contribution in [2.45, 2.75) is 20.3 Å². The van der Waals surface area contributed by atoms with Crippen molar-refractivity contribution in [2.24, 2.45) is 4.99 Å². The third kappa shape index (κ3) is 2.88. The zero-order chi connectivity index (χ0) is 12.3. The Morgan fingerprint density at radius 3 is 2.71 bits per heavy atom. The summed E-state index contributed by atoms with van der Waals surface area (Å²) in [6.45, 7) is 4.88. The third-order valence-corrected chi connectivity index (χ3v) is 3.52. The predicted molar refractivity (Wildman–Crippen MR) is 72.7 cm³/mol. The Labute approximate surface area is 106 Å². The van der Waals surface area contributed by atoms with Crippen molar-refractivity contribution < 1.29 is 4.79 Å². The van der Waals surface area contributed by atoms with Crippen LogP contribution < -0.4 is 0 Å². The van der Waals surface area contributed by atoms with Gasteiger partial charge in [-0.3, -0.25) is 9.69 Å². The topological polar surface area (TPSA) is 32.7 Å². The van der Waals surface area contributed by atoms with E-state index in [0.29, 0.717) is 5.75 Å². The molecule has 1 fully saturated rings. The highest BCUT2D eigenvalue weighted by atomic mass is 32.2. The summed E-state index contributed by atoms with van der Waals surface area (Å²) in [5, 5.41) is 0.834. The Balaban J connectivity index is 2.20. The number of aliphatic imine (C=N–C) groups is 1. The summed E-state index contributed by atoms with van der Waals surface area (Å²) in [7, 11) is 0. The van der Waals surface area contributed by atoms with Gasteiger partial charge in [0.1, 0.15) is 0 Å². The maximum atomic E-state index is 11.6. The van der Waals surface area contributed by atoms with E-state index >= 15 is 0 Å². The number of hydrogen-bond acceptors (Lipinski definition) is 3. The van der Waals surface area contributed by atoms with E-state index in [9.17, 15) is 4.79 Å². The Hall–Kier alpha value is -1.29. The summed E-state index contributed by atoms with van der Waals surface area (Å²) in [6.07, 6.45) is 0.958. The van der Waals surface area contributed by atoms with Gasteiger partial charge in [0, 0.05) is 6.54 Å². The zero-order valence-corrected chi connectivity index (χ0v) is 11.0. The number of hydrogen-bond donors (Lipinski definition) is 0. The van der Waals surface area contributed by atoms with Crippen LogP contribution in [0.5, 0.6) is 0 Å². The molecular formula is C13H16N2OS. The molecule has 0 aliphatic carbocycles. The van der Waals surface area contributed by atoms with Gasteiger partial charge >= 0.3 is 0 Å². The highest BCUT2D eigenvalue weighted by Gasteiger charge is 2.27. The highest BCUT2D eigenvalue weighted by molar-refractivity contribution is 8.15. The van der Waals surface area contributed by atoms with Gasteiger partial charge in [0.15, 0.2) is 5.17 Å². The van der Waals surface area contributed by atoms with Crippen molar-refractivity contribution in [3.05, 3.63) is 29.8 Å². The molecule has 0 atom stereocenters. The fourth-order valence-corrected chi connectivity index (χ4v) is 2.58. The molecular weight excluding hydrogens is 232 g/mol. The quantitative estimate of drug-likeness (QED) is 0.823. The number of aryl methyl sites for hydroxylation is 1. The summed E-state index contributed by atoms with van der Waals surface area (Å²) < 4.78 is 0. The predicted octanol–water partition coefficient (Wildman–Crippen LogP) is 2.97. The number of thioether (sulfide) groups is 1. The van der Waals surface area contributed by atoms with Gasteiger partial charge in [-0.15, -0.1) is 0 Å². The first-order chi connectivity index (χ1) is 8.20. The molecule has 1 heterocycles. The van der Waals surface area contributed by atoms with Gasteiger partial charge in [0.25, 0.3) is 0 Å². The van der Waals surface area contributed by atoms with Gasteiger partial charge in [0.05, 0.1) is 11.4 Å². The monoisotopic (exact) mass is 248 g/mol. The lowest BCUT2D eigenvalue weighted by Gasteiger charge is -2.14. The smallest absolute Gasteiger partial charge is 0.239 e. The molecule has 1 saturated heterocycles. The van der Waals surface area contributed by atoms with Crippen molar-refractivity contribution in [1.29, 1.82) is 0 Å². The standard InChI is InChI=1S/C13H16N2OS/c1-3-8-15-12(16)9-17-13(15)14-11-6-4-10(2)5-7-11/h4-7H,3,8-9H2,1-2H3. The second-order valence-corrected chi connectivity index (χ2v) is 5.01. The number of amidine groups is 1. The van der Waals surface area contributed by atoms with Crippen molar-refractivity contribution in [3.63, 3.8) is 0 Å². The Morgan fingerprint density at radius 2 is 2.06 bits per heavy atom. The normalized spacial score (nSPS) is 18.1. The van der Waals surface area contributed by atoms with Crippen LogP contribution in [0.1, 0.15) is 18.9 Å². The van der Waals surface area contributed by atoms with E-state index in [1.165, 1.54) is 17.3 Å². The van der Waals surface area contributed by atoms with E-state index in [4.69, 9.17) is 0 Å². The molecule has 90 valence electrons. The number of carbonyl (C=O) groups excluding carboxylic acids is 1. The summed E-state index contributed by atoms with van der Waals surface area (Å²) in [4.78, 5) is 18.0. The van der Waals surface area contributed by atoms with Crippen molar-refractivity contribution >= 4 is 28.5 Å².